The number of allylic oxidation sites excluding steroid dienone is 3. The lowest BCUT2D eigenvalue weighted by atomic mass is 9.78. The quantitative estimate of drug-likeness (QED) is 0.132. The first-order valence-electron chi connectivity index (χ1n) is 16.9. The van der Waals surface area contributed by atoms with Crippen LogP contribution in [0.5, 0.6) is 0 Å². The van der Waals surface area contributed by atoms with Crippen LogP contribution in [0.15, 0.2) is 163 Å². The second-order valence-corrected chi connectivity index (χ2v) is 12.8. The predicted octanol–water partition coefficient (Wildman–Crippen LogP) is 12.2. The van der Waals surface area contributed by atoms with E-state index < -0.39 is 0 Å². The third-order valence-electron chi connectivity index (χ3n) is 9.51. The minimum absolute atomic E-state index is 0.164. The van der Waals surface area contributed by atoms with Gasteiger partial charge >= 0.3 is 0 Å². The van der Waals surface area contributed by atoms with Gasteiger partial charge in [0.05, 0.1) is 12.6 Å². The molecule has 1 fully saturated rings. The van der Waals surface area contributed by atoms with Crippen LogP contribution in [0.4, 0.5) is 17.1 Å². The molecule has 0 aromatic heterocycles. The monoisotopic (exact) mass is 635 g/mol. The molecule has 4 heteroatoms. The first kappa shape index (κ1) is 31.5. The maximum Gasteiger partial charge on any atom is 0.265 e. The van der Waals surface area contributed by atoms with Gasteiger partial charge in [-0.2, -0.15) is 0 Å². The SMILES string of the molecule is [C-]#[N+]C(C#N)=C1C=C(C=Cc2ccc(N(c3ccc(-c4ccccc4)cc3)c3ccc(-c4ccccc4)cc3)cc2)OC2(CCCCC2)C1. The van der Waals surface area contributed by atoms with Crippen LogP contribution in [0.2, 0.25) is 0 Å². The van der Waals surface area contributed by atoms with Gasteiger partial charge < -0.3 is 9.64 Å². The number of hydrogen-bond acceptors (Lipinski definition) is 3. The molecule has 5 aromatic carbocycles. The van der Waals surface area contributed by atoms with Crippen LogP contribution in [0.25, 0.3) is 33.2 Å². The summed E-state index contributed by atoms with van der Waals surface area (Å²) in [4.78, 5) is 5.80. The second kappa shape index (κ2) is 14.3. The Hall–Kier alpha value is -6.10. The highest BCUT2D eigenvalue weighted by molar-refractivity contribution is 5.80. The number of benzene rings is 5. The standard InChI is InChI=1S/C45H37N3O/c1-47-44(33-46)39-31-43(49-45(32-39)29-9-4-10-30-45)28-17-34-15-22-40(23-16-34)48(41-24-18-37(19-25-41)35-11-5-2-6-12-35)42-26-20-38(21-27-42)36-13-7-3-8-14-36/h2-3,5-8,11-28,31H,4,9-10,29-30,32H2. The van der Waals surface area contributed by atoms with E-state index in [9.17, 15) is 5.26 Å². The van der Waals surface area contributed by atoms with Crippen LogP contribution in [-0.2, 0) is 4.74 Å². The van der Waals surface area contributed by atoms with Crippen molar-refractivity contribution in [3.05, 3.63) is 180 Å². The summed E-state index contributed by atoms with van der Waals surface area (Å²) in [6, 6.07) is 48.9. The van der Waals surface area contributed by atoms with E-state index in [1.165, 1.54) is 28.7 Å². The first-order valence-corrected chi connectivity index (χ1v) is 16.9. The van der Waals surface area contributed by atoms with Crippen LogP contribution in [-0.4, -0.2) is 5.60 Å². The third kappa shape index (κ3) is 7.10. The molecule has 1 aliphatic heterocycles. The highest BCUT2D eigenvalue weighted by Gasteiger charge is 2.38. The fourth-order valence-corrected chi connectivity index (χ4v) is 6.99. The molecule has 0 N–H and O–H groups in total. The van der Waals surface area contributed by atoms with E-state index in [0.717, 1.165) is 53.9 Å². The van der Waals surface area contributed by atoms with Crippen molar-refractivity contribution in [3.8, 4) is 28.3 Å². The summed E-state index contributed by atoms with van der Waals surface area (Å²) in [5, 5.41) is 9.61. The second-order valence-electron chi connectivity index (χ2n) is 12.8. The molecule has 49 heavy (non-hydrogen) atoms. The van der Waals surface area contributed by atoms with Gasteiger partial charge in [0.1, 0.15) is 11.4 Å². The minimum Gasteiger partial charge on any atom is -0.487 e. The smallest absolute Gasteiger partial charge is 0.265 e. The van der Waals surface area contributed by atoms with E-state index in [-0.39, 0.29) is 11.3 Å². The molecule has 238 valence electrons. The molecule has 0 bridgehead atoms. The fourth-order valence-electron chi connectivity index (χ4n) is 6.99. The molecule has 1 spiro atoms. The van der Waals surface area contributed by atoms with Gasteiger partial charge in [-0.3, -0.25) is 0 Å². The van der Waals surface area contributed by atoms with Gasteiger partial charge in [-0.05, 0) is 108 Å². The number of rotatable bonds is 7. The Morgan fingerprint density at radius 3 is 1.63 bits per heavy atom. The molecule has 4 nitrogen and oxygen atoms in total. The van der Waals surface area contributed by atoms with E-state index in [2.05, 4.69) is 137 Å². The van der Waals surface area contributed by atoms with E-state index in [1.54, 1.807) is 0 Å². The summed E-state index contributed by atoms with van der Waals surface area (Å²) in [5.41, 5.74) is 9.58. The number of anilines is 3. The summed E-state index contributed by atoms with van der Waals surface area (Å²) in [5.74, 6) is 0.710. The molecule has 2 aliphatic rings. The van der Waals surface area contributed by atoms with Crippen molar-refractivity contribution in [2.24, 2.45) is 0 Å². The number of nitriles is 1. The van der Waals surface area contributed by atoms with Crippen molar-refractivity contribution in [3.63, 3.8) is 0 Å². The lowest BCUT2D eigenvalue weighted by Gasteiger charge is -2.41. The van der Waals surface area contributed by atoms with Gasteiger partial charge in [-0.1, -0.05) is 110 Å². The Kier molecular flexibility index (Phi) is 9.22. The van der Waals surface area contributed by atoms with Crippen LogP contribution in [0.1, 0.15) is 44.1 Å². The van der Waals surface area contributed by atoms with E-state index in [4.69, 9.17) is 11.3 Å². The number of nitrogens with zero attached hydrogens (tertiary/aromatic N) is 3. The Balaban J connectivity index is 1.19. The zero-order valence-electron chi connectivity index (χ0n) is 27.4. The highest BCUT2D eigenvalue weighted by atomic mass is 16.5. The van der Waals surface area contributed by atoms with Gasteiger partial charge in [-0.15, -0.1) is 0 Å². The van der Waals surface area contributed by atoms with Gasteiger partial charge in [0, 0.05) is 23.5 Å². The van der Waals surface area contributed by atoms with Crippen LogP contribution in [0.3, 0.4) is 0 Å². The number of hydrogen-bond donors (Lipinski definition) is 0. The average molecular weight is 636 g/mol. The lowest BCUT2D eigenvalue weighted by Crippen LogP contribution is -2.37. The van der Waals surface area contributed by atoms with Gasteiger partial charge in [0.15, 0.2) is 0 Å². The molecular formula is C45H37N3O. The van der Waals surface area contributed by atoms with Crippen molar-refractivity contribution >= 4 is 23.1 Å². The summed E-state index contributed by atoms with van der Waals surface area (Å²) in [6.45, 7) is 7.53. The fraction of sp³-hybridized carbons (Fsp3) is 0.156. The molecule has 7 rings (SSSR count). The molecule has 1 aliphatic carbocycles. The third-order valence-corrected chi connectivity index (χ3v) is 9.51. The minimum atomic E-state index is -0.328. The van der Waals surface area contributed by atoms with Gasteiger partial charge in [0.25, 0.3) is 5.70 Å². The van der Waals surface area contributed by atoms with E-state index in [0.29, 0.717) is 12.2 Å². The molecule has 1 heterocycles. The van der Waals surface area contributed by atoms with Crippen molar-refractivity contribution in [2.45, 2.75) is 44.1 Å². The number of ether oxygens (including phenoxy) is 1. The van der Waals surface area contributed by atoms with Crippen molar-refractivity contribution in [2.75, 3.05) is 4.90 Å². The maximum atomic E-state index is 9.61. The Labute approximate surface area is 289 Å². The van der Waals surface area contributed by atoms with E-state index >= 15 is 0 Å². The molecule has 0 saturated heterocycles. The van der Waals surface area contributed by atoms with Crippen LogP contribution in [0, 0.1) is 17.9 Å². The predicted molar refractivity (Wildman–Crippen MR) is 200 cm³/mol. The first-order chi connectivity index (χ1) is 24.1. The van der Waals surface area contributed by atoms with Crippen molar-refractivity contribution in [1.82, 2.24) is 0 Å². The van der Waals surface area contributed by atoms with E-state index in [1.807, 2.05) is 30.4 Å². The highest BCUT2D eigenvalue weighted by Crippen LogP contribution is 2.43. The van der Waals surface area contributed by atoms with Crippen molar-refractivity contribution in [1.29, 1.82) is 5.26 Å². The molecule has 0 unspecified atom stereocenters. The molecule has 0 atom stereocenters. The van der Waals surface area contributed by atoms with Gasteiger partial charge in [-0.25, -0.2) is 10.1 Å². The molecule has 0 amide bonds. The Bertz CT molecular complexity index is 1970. The summed E-state index contributed by atoms with van der Waals surface area (Å²) >= 11 is 0. The Morgan fingerprint density at radius 2 is 1.14 bits per heavy atom. The molecule has 5 aromatic rings. The molecular weight excluding hydrogens is 599 g/mol. The Morgan fingerprint density at radius 1 is 0.653 bits per heavy atom. The largest absolute Gasteiger partial charge is 0.487 e. The topological polar surface area (TPSA) is 40.6 Å². The van der Waals surface area contributed by atoms with Crippen LogP contribution >= 0.6 is 0 Å². The molecule has 1 saturated carbocycles. The summed E-state index contributed by atoms with van der Waals surface area (Å²) < 4.78 is 6.59. The lowest BCUT2D eigenvalue weighted by molar-refractivity contribution is -0.0285. The van der Waals surface area contributed by atoms with Gasteiger partial charge in [0.2, 0.25) is 0 Å². The zero-order valence-corrected chi connectivity index (χ0v) is 27.4. The average Bonchev–Trinajstić information content (AvgIpc) is 3.17. The zero-order chi connectivity index (χ0) is 33.5. The van der Waals surface area contributed by atoms with Crippen LogP contribution < -0.4 is 4.90 Å². The van der Waals surface area contributed by atoms with Crippen molar-refractivity contribution < 1.29 is 4.74 Å². The normalized spacial score (nSPS) is 16.2. The summed E-state index contributed by atoms with van der Waals surface area (Å²) in [6.07, 6.45) is 11.8. The maximum absolute atomic E-state index is 9.61. The summed E-state index contributed by atoms with van der Waals surface area (Å²) in [7, 11) is 0. The molecule has 0 radical (unpaired) electrons.